The molecule has 0 aliphatic rings. The highest BCUT2D eigenvalue weighted by molar-refractivity contribution is 5.99. The number of imidazole rings is 1. The Morgan fingerprint density at radius 2 is 1.56 bits per heavy atom. The Hall–Kier alpha value is -4.60. The third-order valence-electron chi connectivity index (χ3n) is 5.10. The van der Waals surface area contributed by atoms with Gasteiger partial charge in [0.05, 0.1) is 19.9 Å². The largest absolute Gasteiger partial charge is 0.493 e. The molecule has 2 amide bonds. The van der Waals surface area contributed by atoms with Gasteiger partial charge in [0.25, 0.3) is 0 Å². The second kappa shape index (κ2) is 9.90. The summed E-state index contributed by atoms with van der Waals surface area (Å²) in [5.74, 6) is 2.72. The van der Waals surface area contributed by atoms with Gasteiger partial charge in [-0.05, 0) is 50.2 Å². The zero-order chi connectivity index (χ0) is 24.1. The van der Waals surface area contributed by atoms with Gasteiger partial charge in [-0.15, -0.1) is 0 Å². The molecule has 2 aromatic heterocycles. The van der Waals surface area contributed by atoms with Gasteiger partial charge in [-0.3, -0.25) is 4.57 Å². The maximum Gasteiger partial charge on any atom is 0.323 e. The van der Waals surface area contributed by atoms with Gasteiger partial charge in [0, 0.05) is 29.2 Å². The SMILES string of the molecule is COc1ccc(NC(=O)Nc2ccc(Oc3cc(-n4cnc(C)c4C)ncn3)cc2)cc1OC. The van der Waals surface area contributed by atoms with E-state index in [2.05, 4.69) is 25.6 Å². The molecule has 0 aliphatic heterocycles. The van der Waals surface area contributed by atoms with Gasteiger partial charge < -0.3 is 24.8 Å². The van der Waals surface area contributed by atoms with Crippen molar-refractivity contribution in [1.82, 2.24) is 19.5 Å². The first-order valence-corrected chi connectivity index (χ1v) is 10.4. The van der Waals surface area contributed by atoms with Crippen LogP contribution in [0.5, 0.6) is 23.1 Å². The Morgan fingerprint density at radius 3 is 2.24 bits per heavy atom. The van der Waals surface area contributed by atoms with Crippen LogP contribution in [0.25, 0.3) is 5.82 Å². The summed E-state index contributed by atoms with van der Waals surface area (Å²) in [5, 5.41) is 5.53. The summed E-state index contributed by atoms with van der Waals surface area (Å²) in [5.41, 5.74) is 3.09. The molecule has 4 aromatic rings. The summed E-state index contributed by atoms with van der Waals surface area (Å²) in [7, 11) is 3.09. The van der Waals surface area contributed by atoms with E-state index < -0.39 is 6.03 Å². The Labute approximate surface area is 196 Å². The minimum absolute atomic E-state index is 0.391. The molecule has 0 atom stereocenters. The lowest BCUT2D eigenvalue weighted by molar-refractivity contribution is 0.262. The Balaban J connectivity index is 1.38. The van der Waals surface area contributed by atoms with Crippen LogP contribution in [0.4, 0.5) is 16.2 Å². The number of urea groups is 1. The summed E-state index contributed by atoms with van der Waals surface area (Å²) >= 11 is 0. The number of anilines is 2. The number of ether oxygens (including phenoxy) is 3. The molecular formula is C24H24N6O4. The van der Waals surface area contributed by atoms with Crippen LogP contribution in [0, 0.1) is 13.8 Å². The highest BCUT2D eigenvalue weighted by atomic mass is 16.5. The third kappa shape index (κ3) is 5.07. The summed E-state index contributed by atoms with van der Waals surface area (Å²) < 4.78 is 18.2. The first-order chi connectivity index (χ1) is 16.5. The molecule has 0 bridgehead atoms. The number of aromatic nitrogens is 4. The topological polar surface area (TPSA) is 112 Å². The highest BCUT2D eigenvalue weighted by Crippen LogP contribution is 2.30. The fourth-order valence-electron chi connectivity index (χ4n) is 3.18. The lowest BCUT2D eigenvalue weighted by atomic mass is 10.2. The molecule has 0 fully saturated rings. The monoisotopic (exact) mass is 460 g/mol. The summed E-state index contributed by atoms with van der Waals surface area (Å²) in [6, 6.07) is 13.4. The maximum absolute atomic E-state index is 12.4. The van der Waals surface area contributed by atoms with Crippen molar-refractivity contribution in [3.8, 4) is 28.9 Å². The molecule has 2 aromatic carbocycles. The molecule has 0 aliphatic carbocycles. The molecular weight excluding hydrogens is 436 g/mol. The van der Waals surface area contributed by atoms with Gasteiger partial charge in [-0.2, -0.15) is 0 Å². The zero-order valence-electron chi connectivity index (χ0n) is 19.2. The number of amides is 2. The van der Waals surface area contributed by atoms with E-state index in [0.717, 1.165) is 11.4 Å². The number of rotatable bonds is 7. The van der Waals surface area contributed by atoms with Crippen LogP contribution in [0.3, 0.4) is 0 Å². The number of benzene rings is 2. The lowest BCUT2D eigenvalue weighted by Gasteiger charge is -2.12. The molecule has 4 rings (SSSR count). The standard InChI is InChI=1S/C24H24N6O4/c1-15-16(2)30(14-27-15)22-12-23(26-13-25-22)34-19-8-5-17(6-9-19)28-24(31)29-18-7-10-20(32-3)21(11-18)33-4/h5-14H,1-4H3,(H2,28,29,31). The molecule has 2 N–H and O–H groups in total. The second-order valence-electron chi connectivity index (χ2n) is 7.28. The van der Waals surface area contributed by atoms with Gasteiger partial charge >= 0.3 is 6.03 Å². The molecule has 0 spiro atoms. The first kappa shape index (κ1) is 22.6. The number of aryl methyl sites for hydroxylation is 1. The van der Waals surface area contributed by atoms with E-state index in [0.29, 0.717) is 40.3 Å². The molecule has 0 saturated carbocycles. The zero-order valence-corrected chi connectivity index (χ0v) is 19.2. The van der Waals surface area contributed by atoms with E-state index in [1.54, 1.807) is 62.0 Å². The van der Waals surface area contributed by atoms with Crippen molar-refractivity contribution in [1.29, 1.82) is 0 Å². The molecule has 0 radical (unpaired) electrons. The van der Waals surface area contributed by atoms with Gasteiger partial charge in [0.15, 0.2) is 11.5 Å². The minimum atomic E-state index is -0.396. The second-order valence-corrected chi connectivity index (χ2v) is 7.28. The van der Waals surface area contributed by atoms with E-state index in [-0.39, 0.29) is 0 Å². The normalized spacial score (nSPS) is 10.5. The predicted octanol–water partition coefficient (Wildman–Crippen LogP) is 4.73. The number of carbonyl (C=O) groups is 1. The number of carbonyl (C=O) groups excluding carboxylic acids is 1. The molecule has 10 heteroatoms. The molecule has 2 heterocycles. The van der Waals surface area contributed by atoms with Crippen molar-refractivity contribution in [3.05, 3.63) is 72.6 Å². The van der Waals surface area contributed by atoms with E-state index in [9.17, 15) is 4.79 Å². The van der Waals surface area contributed by atoms with E-state index in [1.807, 2.05) is 18.4 Å². The van der Waals surface area contributed by atoms with Crippen molar-refractivity contribution in [2.45, 2.75) is 13.8 Å². The molecule has 0 unspecified atom stereocenters. The van der Waals surface area contributed by atoms with Crippen molar-refractivity contribution >= 4 is 17.4 Å². The fourth-order valence-corrected chi connectivity index (χ4v) is 3.18. The predicted molar refractivity (Wildman–Crippen MR) is 127 cm³/mol. The van der Waals surface area contributed by atoms with Crippen molar-refractivity contribution in [3.63, 3.8) is 0 Å². The van der Waals surface area contributed by atoms with Crippen molar-refractivity contribution in [2.24, 2.45) is 0 Å². The van der Waals surface area contributed by atoms with Gasteiger partial charge in [0.1, 0.15) is 24.2 Å². The number of hydrogen-bond donors (Lipinski definition) is 2. The Kier molecular flexibility index (Phi) is 6.58. The molecule has 0 saturated heterocycles. The van der Waals surface area contributed by atoms with E-state index in [1.165, 1.54) is 13.4 Å². The number of nitrogens with one attached hydrogen (secondary N) is 2. The Bertz CT molecular complexity index is 1300. The molecule has 34 heavy (non-hydrogen) atoms. The summed E-state index contributed by atoms with van der Waals surface area (Å²) in [4.78, 5) is 25.1. The fraction of sp³-hybridized carbons (Fsp3) is 0.167. The van der Waals surface area contributed by atoms with Crippen LogP contribution < -0.4 is 24.8 Å². The summed E-state index contributed by atoms with van der Waals surface area (Å²) in [6.45, 7) is 3.91. The Morgan fingerprint density at radius 1 is 0.853 bits per heavy atom. The average molecular weight is 460 g/mol. The summed E-state index contributed by atoms with van der Waals surface area (Å²) in [6.07, 6.45) is 3.15. The molecule has 174 valence electrons. The van der Waals surface area contributed by atoms with Crippen molar-refractivity contribution < 1.29 is 19.0 Å². The quantitative estimate of drug-likeness (QED) is 0.410. The van der Waals surface area contributed by atoms with E-state index in [4.69, 9.17) is 14.2 Å². The van der Waals surface area contributed by atoms with Crippen LogP contribution in [0.2, 0.25) is 0 Å². The number of methoxy groups -OCH3 is 2. The maximum atomic E-state index is 12.4. The number of hydrogen-bond acceptors (Lipinski definition) is 7. The minimum Gasteiger partial charge on any atom is -0.493 e. The van der Waals surface area contributed by atoms with Crippen LogP contribution in [-0.2, 0) is 0 Å². The van der Waals surface area contributed by atoms with Crippen LogP contribution in [0.1, 0.15) is 11.4 Å². The van der Waals surface area contributed by atoms with Crippen LogP contribution >= 0.6 is 0 Å². The lowest BCUT2D eigenvalue weighted by Crippen LogP contribution is -2.19. The van der Waals surface area contributed by atoms with Gasteiger partial charge in [-0.1, -0.05) is 0 Å². The first-order valence-electron chi connectivity index (χ1n) is 10.4. The average Bonchev–Trinajstić information content (AvgIpc) is 3.18. The number of nitrogens with zero attached hydrogens (tertiary/aromatic N) is 4. The van der Waals surface area contributed by atoms with Crippen molar-refractivity contribution in [2.75, 3.05) is 24.9 Å². The third-order valence-corrected chi connectivity index (χ3v) is 5.10. The smallest absolute Gasteiger partial charge is 0.323 e. The molecule has 10 nitrogen and oxygen atoms in total. The van der Waals surface area contributed by atoms with Crippen LogP contribution in [-0.4, -0.2) is 39.8 Å². The van der Waals surface area contributed by atoms with Gasteiger partial charge in [0.2, 0.25) is 5.88 Å². The highest BCUT2D eigenvalue weighted by Gasteiger charge is 2.10. The van der Waals surface area contributed by atoms with Gasteiger partial charge in [-0.25, -0.2) is 19.7 Å². The van der Waals surface area contributed by atoms with Crippen LogP contribution in [0.15, 0.2) is 61.2 Å². The van der Waals surface area contributed by atoms with E-state index >= 15 is 0 Å².